The molecule has 1 heterocycles. The van der Waals surface area contributed by atoms with Crippen LogP contribution in [-0.4, -0.2) is 31.3 Å². The van der Waals surface area contributed by atoms with E-state index in [1.54, 1.807) is 6.07 Å². The fourth-order valence-electron chi connectivity index (χ4n) is 2.57. The van der Waals surface area contributed by atoms with Gasteiger partial charge in [0.2, 0.25) is 5.97 Å². The Labute approximate surface area is 184 Å². The molecule has 0 radical (unpaired) electrons. The van der Waals surface area contributed by atoms with Crippen LogP contribution in [0.3, 0.4) is 0 Å². The Morgan fingerprint density at radius 3 is 2.43 bits per heavy atom. The summed E-state index contributed by atoms with van der Waals surface area (Å²) in [4.78, 5) is 7.72. The summed E-state index contributed by atoms with van der Waals surface area (Å²) >= 11 is 12.0. The van der Waals surface area contributed by atoms with Gasteiger partial charge < -0.3 is 14.2 Å². The summed E-state index contributed by atoms with van der Waals surface area (Å²) in [6.07, 6.45) is 2.69. The summed E-state index contributed by atoms with van der Waals surface area (Å²) in [5, 5.41) is 0.302. The Bertz CT molecular complexity index is 996. The van der Waals surface area contributed by atoms with Crippen LogP contribution in [0.5, 0.6) is 11.5 Å². The Kier molecular flexibility index (Phi) is 8.02. The van der Waals surface area contributed by atoms with Crippen molar-refractivity contribution in [3.05, 3.63) is 82.1 Å². The standard InChI is InChI=1S/C22H19Cl2FN2O3/c1-28-19-8-7-16(22(25)27-21-17(23)12-26-13-18(21)24)11-20(19)30-10-9-29-14-15-5-3-2-4-6-15/h2-8,11-13H,9-10,14H2,1H3. The molecule has 0 saturated heterocycles. The molecule has 8 heteroatoms. The van der Waals surface area contributed by atoms with Gasteiger partial charge in [0.1, 0.15) is 12.3 Å². The third-order valence-electron chi connectivity index (χ3n) is 4.04. The quantitative estimate of drug-likeness (QED) is 0.295. The van der Waals surface area contributed by atoms with Gasteiger partial charge in [0, 0.05) is 18.0 Å². The van der Waals surface area contributed by atoms with Gasteiger partial charge in [-0.2, -0.15) is 4.39 Å². The molecule has 0 unspecified atom stereocenters. The number of hydrogen-bond donors (Lipinski definition) is 0. The molecule has 0 aliphatic rings. The summed E-state index contributed by atoms with van der Waals surface area (Å²) in [5.41, 5.74) is 1.38. The van der Waals surface area contributed by atoms with E-state index in [1.807, 2.05) is 30.3 Å². The number of ether oxygens (including phenoxy) is 3. The van der Waals surface area contributed by atoms with Crippen molar-refractivity contribution in [2.45, 2.75) is 6.61 Å². The number of halogens is 3. The lowest BCUT2D eigenvalue weighted by atomic mass is 10.2. The summed E-state index contributed by atoms with van der Waals surface area (Å²) in [6.45, 7) is 1.12. The predicted molar refractivity (Wildman–Crippen MR) is 116 cm³/mol. The van der Waals surface area contributed by atoms with E-state index in [0.29, 0.717) is 24.7 Å². The van der Waals surface area contributed by atoms with Gasteiger partial charge in [0.05, 0.1) is 30.4 Å². The molecule has 2 aromatic carbocycles. The smallest absolute Gasteiger partial charge is 0.220 e. The van der Waals surface area contributed by atoms with Gasteiger partial charge in [0.15, 0.2) is 11.5 Å². The van der Waals surface area contributed by atoms with Gasteiger partial charge in [-0.3, -0.25) is 4.98 Å². The van der Waals surface area contributed by atoms with Crippen LogP contribution < -0.4 is 9.47 Å². The van der Waals surface area contributed by atoms with E-state index in [4.69, 9.17) is 37.4 Å². The molecule has 0 aliphatic heterocycles. The fourth-order valence-corrected chi connectivity index (χ4v) is 3.02. The molecule has 156 valence electrons. The number of pyridine rings is 1. The van der Waals surface area contributed by atoms with Gasteiger partial charge in [-0.05, 0) is 23.8 Å². The van der Waals surface area contributed by atoms with Crippen molar-refractivity contribution in [2.75, 3.05) is 20.3 Å². The number of aliphatic imine (C=N–C) groups is 1. The molecule has 30 heavy (non-hydrogen) atoms. The average molecular weight is 449 g/mol. The maximum Gasteiger partial charge on any atom is 0.220 e. The van der Waals surface area contributed by atoms with Crippen LogP contribution in [0.15, 0.2) is 65.9 Å². The first-order valence-corrected chi connectivity index (χ1v) is 9.80. The van der Waals surface area contributed by atoms with Crippen molar-refractivity contribution >= 4 is 34.9 Å². The molecular formula is C22H19Cl2FN2O3. The van der Waals surface area contributed by atoms with Gasteiger partial charge in [-0.25, -0.2) is 4.99 Å². The lowest BCUT2D eigenvalue weighted by Crippen LogP contribution is -2.08. The van der Waals surface area contributed by atoms with Crippen LogP contribution in [0.2, 0.25) is 10.0 Å². The molecule has 0 fully saturated rings. The molecule has 5 nitrogen and oxygen atoms in total. The predicted octanol–water partition coefficient (Wildman–Crippen LogP) is 6.04. The van der Waals surface area contributed by atoms with Crippen LogP contribution in [0.1, 0.15) is 11.1 Å². The molecule has 0 amide bonds. The normalized spacial score (nSPS) is 11.4. The monoisotopic (exact) mass is 448 g/mol. The lowest BCUT2D eigenvalue weighted by Gasteiger charge is -2.12. The van der Waals surface area contributed by atoms with Gasteiger partial charge in [0.25, 0.3) is 0 Å². The molecule has 3 rings (SSSR count). The minimum atomic E-state index is -0.766. The first-order chi connectivity index (χ1) is 14.6. The largest absolute Gasteiger partial charge is 0.493 e. The number of benzene rings is 2. The Morgan fingerprint density at radius 2 is 1.73 bits per heavy atom. The highest BCUT2D eigenvalue weighted by Crippen LogP contribution is 2.33. The van der Waals surface area contributed by atoms with Crippen molar-refractivity contribution in [3.63, 3.8) is 0 Å². The van der Waals surface area contributed by atoms with E-state index in [2.05, 4.69) is 9.98 Å². The highest BCUT2D eigenvalue weighted by atomic mass is 35.5. The number of nitrogens with zero attached hydrogens (tertiary/aromatic N) is 2. The van der Waals surface area contributed by atoms with Gasteiger partial charge in [-0.15, -0.1) is 0 Å². The number of hydrogen-bond acceptors (Lipinski definition) is 5. The van der Waals surface area contributed by atoms with Crippen molar-refractivity contribution in [1.82, 2.24) is 4.98 Å². The molecule has 1 aromatic heterocycles. The summed E-state index contributed by atoms with van der Waals surface area (Å²) in [6, 6.07) is 14.4. The maximum atomic E-state index is 14.7. The van der Waals surface area contributed by atoms with Crippen molar-refractivity contribution < 1.29 is 18.6 Å². The topological polar surface area (TPSA) is 52.9 Å². The second-order valence-electron chi connectivity index (χ2n) is 6.11. The van der Waals surface area contributed by atoms with Crippen molar-refractivity contribution in [3.8, 4) is 11.5 Å². The number of methoxy groups -OCH3 is 1. The van der Waals surface area contributed by atoms with E-state index in [9.17, 15) is 4.39 Å². The van der Waals surface area contributed by atoms with E-state index in [0.717, 1.165) is 5.56 Å². The number of rotatable bonds is 9. The third-order valence-corrected chi connectivity index (χ3v) is 4.59. The van der Waals surface area contributed by atoms with E-state index in [1.165, 1.54) is 31.6 Å². The molecule has 3 aromatic rings. The molecule has 0 aliphatic carbocycles. The molecule has 0 N–H and O–H groups in total. The van der Waals surface area contributed by atoms with Crippen LogP contribution in [0.25, 0.3) is 0 Å². The third kappa shape index (κ3) is 5.92. The van der Waals surface area contributed by atoms with E-state index < -0.39 is 5.97 Å². The first kappa shape index (κ1) is 22.0. The zero-order chi connectivity index (χ0) is 21.3. The lowest BCUT2D eigenvalue weighted by molar-refractivity contribution is 0.0879. The highest BCUT2D eigenvalue weighted by molar-refractivity contribution is 6.38. The van der Waals surface area contributed by atoms with Crippen molar-refractivity contribution in [2.24, 2.45) is 4.99 Å². The van der Waals surface area contributed by atoms with Crippen LogP contribution in [0, 0.1) is 0 Å². The van der Waals surface area contributed by atoms with Gasteiger partial charge >= 0.3 is 0 Å². The SMILES string of the molecule is COc1ccc(C(F)=Nc2c(Cl)cncc2Cl)cc1OCCOCc1ccccc1. The molecule has 0 bridgehead atoms. The Hall–Kier alpha value is -2.67. The molecule has 0 spiro atoms. The highest BCUT2D eigenvalue weighted by Gasteiger charge is 2.12. The van der Waals surface area contributed by atoms with E-state index in [-0.39, 0.29) is 27.9 Å². The van der Waals surface area contributed by atoms with Crippen molar-refractivity contribution in [1.29, 1.82) is 0 Å². The summed E-state index contributed by atoms with van der Waals surface area (Å²) in [5.74, 6) is 0.0722. The Morgan fingerprint density at radius 1 is 1.00 bits per heavy atom. The van der Waals surface area contributed by atoms with E-state index >= 15 is 0 Å². The molecular weight excluding hydrogens is 430 g/mol. The van der Waals surface area contributed by atoms with Crippen LogP contribution >= 0.6 is 23.2 Å². The van der Waals surface area contributed by atoms with Crippen LogP contribution in [0.4, 0.5) is 10.1 Å². The first-order valence-electron chi connectivity index (χ1n) is 9.04. The average Bonchev–Trinajstić information content (AvgIpc) is 2.76. The van der Waals surface area contributed by atoms with Crippen LogP contribution in [-0.2, 0) is 11.3 Å². The zero-order valence-electron chi connectivity index (χ0n) is 16.1. The fraction of sp³-hybridized carbons (Fsp3) is 0.182. The van der Waals surface area contributed by atoms with Gasteiger partial charge in [-0.1, -0.05) is 53.5 Å². The molecule has 0 atom stereocenters. The second-order valence-corrected chi connectivity index (χ2v) is 6.92. The minimum Gasteiger partial charge on any atom is -0.493 e. The molecule has 0 saturated carbocycles. The summed E-state index contributed by atoms with van der Waals surface area (Å²) < 4.78 is 31.3. The minimum absolute atomic E-state index is 0.110. The zero-order valence-corrected chi connectivity index (χ0v) is 17.7. The Balaban J connectivity index is 1.66. The maximum absolute atomic E-state index is 14.7. The second kappa shape index (κ2) is 10.9. The summed E-state index contributed by atoms with van der Waals surface area (Å²) in [7, 11) is 1.51. The number of aromatic nitrogens is 1.